The average molecular weight is 308 g/mol. The molecule has 0 aromatic carbocycles. The van der Waals surface area contributed by atoms with Crippen LogP contribution in [0.3, 0.4) is 0 Å². The van der Waals surface area contributed by atoms with E-state index in [-0.39, 0.29) is 32.0 Å². The molecule has 2 fully saturated rings. The van der Waals surface area contributed by atoms with Crippen LogP contribution in [0.4, 0.5) is 18.0 Å². The molecule has 2 amide bonds. The monoisotopic (exact) mass is 308 g/mol. The van der Waals surface area contributed by atoms with Gasteiger partial charge in [0.15, 0.2) is 6.10 Å². The standard InChI is InChI=1S/C14H23F3N2O2/c15-14(16,17)12(20)11-5-8-19(9-6-11)13(21)18-7-4-10-2-1-3-10/h10-12,20H,1-9H2,(H,18,21). The number of hydrogen-bond donors (Lipinski definition) is 2. The number of aliphatic hydroxyl groups is 1. The van der Waals surface area contributed by atoms with Gasteiger partial charge in [-0.05, 0) is 31.1 Å². The molecule has 1 saturated heterocycles. The van der Waals surface area contributed by atoms with Gasteiger partial charge in [0.25, 0.3) is 0 Å². The fraction of sp³-hybridized carbons (Fsp3) is 0.929. The van der Waals surface area contributed by atoms with Crippen molar-refractivity contribution in [3.05, 3.63) is 0 Å². The Bertz CT molecular complexity index is 351. The zero-order valence-corrected chi connectivity index (χ0v) is 12.0. The van der Waals surface area contributed by atoms with Crippen LogP contribution in [0.5, 0.6) is 0 Å². The maximum absolute atomic E-state index is 12.4. The highest BCUT2D eigenvalue weighted by Crippen LogP contribution is 2.31. The largest absolute Gasteiger partial charge is 0.414 e. The third-order valence-electron chi connectivity index (χ3n) is 4.66. The van der Waals surface area contributed by atoms with Gasteiger partial charge in [-0.15, -0.1) is 0 Å². The maximum atomic E-state index is 12.4. The van der Waals surface area contributed by atoms with E-state index in [1.54, 1.807) is 4.90 Å². The number of hydrogen-bond acceptors (Lipinski definition) is 2. The molecule has 1 atom stereocenters. The number of rotatable bonds is 4. The molecule has 0 spiro atoms. The summed E-state index contributed by atoms with van der Waals surface area (Å²) in [5, 5.41) is 12.1. The lowest BCUT2D eigenvalue weighted by atomic mass is 9.83. The van der Waals surface area contributed by atoms with Gasteiger partial charge in [-0.2, -0.15) is 13.2 Å². The van der Waals surface area contributed by atoms with E-state index in [9.17, 15) is 23.1 Å². The Morgan fingerprint density at radius 3 is 2.33 bits per heavy atom. The molecule has 0 aromatic heterocycles. The number of alkyl halides is 3. The van der Waals surface area contributed by atoms with Gasteiger partial charge in [-0.3, -0.25) is 0 Å². The van der Waals surface area contributed by atoms with E-state index in [1.165, 1.54) is 19.3 Å². The Kier molecular flexibility index (Phi) is 5.35. The van der Waals surface area contributed by atoms with Gasteiger partial charge < -0.3 is 15.3 Å². The molecule has 1 aliphatic heterocycles. The van der Waals surface area contributed by atoms with Crippen molar-refractivity contribution < 1.29 is 23.1 Å². The number of likely N-dealkylation sites (tertiary alicyclic amines) is 1. The van der Waals surface area contributed by atoms with Crippen molar-refractivity contribution in [2.45, 2.75) is 50.8 Å². The molecule has 21 heavy (non-hydrogen) atoms. The van der Waals surface area contributed by atoms with Crippen LogP contribution in [-0.4, -0.2) is 48.0 Å². The minimum Gasteiger partial charge on any atom is -0.383 e. The van der Waals surface area contributed by atoms with E-state index in [0.29, 0.717) is 6.54 Å². The first-order valence-electron chi connectivity index (χ1n) is 7.65. The quantitative estimate of drug-likeness (QED) is 0.838. The number of aliphatic hydroxyl groups excluding tert-OH is 1. The van der Waals surface area contributed by atoms with Gasteiger partial charge in [0.1, 0.15) is 0 Å². The minimum atomic E-state index is -4.57. The molecule has 0 radical (unpaired) electrons. The normalized spacial score (nSPS) is 22.8. The number of carbonyl (C=O) groups is 1. The number of nitrogens with zero attached hydrogens (tertiary/aromatic N) is 1. The second-order valence-corrected chi connectivity index (χ2v) is 6.13. The maximum Gasteiger partial charge on any atom is 0.414 e. The van der Waals surface area contributed by atoms with E-state index in [0.717, 1.165) is 12.3 Å². The van der Waals surface area contributed by atoms with E-state index >= 15 is 0 Å². The zero-order valence-electron chi connectivity index (χ0n) is 12.0. The fourth-order valence-electron chi connectivity index (χ4n) is 2.96. The van der Waals surface area contributed by atoms with Crippen LogP contribution in [0.15, 0.2) is 0 Å². The molecule has 0 aromatic rings. The van der Waals surface area contributed by atoms with Crippen LogP contribution < -0.4 is 5.32 Å². The van der Waals surface area contributed by atoms with Gasteiger partial charge in [-0.25, -0.2) is 4.79 Å². The Balaban J connectivity index is 1.66. The lowest BCUT2D eigenvalue weighted by molar-refractivity contribution is -0.222. The average Bonchev–Trinajstić information content (AvgIpc) is 2.39. The van der Waals surface area contributed by atoms with Crippen molar-refractivity contribution >= 4 is 6.03 Å². The molecule has 0 bridgehead atoms. The molecule has 1 aliphatic carbocycles. The third kappa shape index (κ3) is 4.49. The van der Waals surface area contributed by atoms with Crippen molar-refractivity contribution in [2.75, 3.05) is 19.6 Å². The summed E-state index contributed by atoms with van der Waals surface area (Å²) in [6.07, 6.45) is -1.75. The van der Waals surface area contributed by atoms with Gasteiger partial charge in [0.05, 0.1) is 0 Å². The number of piperidine rings is 1. The topological polar surface area (TPSA) is 52.6 Å². The van der Waals surface area contributed by atoms with Crippen molar-refractivity contribution in [1.29, 1.82) is 0 Å². The summed E-state index contributed by atoms with van der Waals surface area (Å²) in [4.78, 5) is 13.4. The molecule has 122 valence electrons. The van der Waals surface area contributed by atoms with E-state index in [1.807, 2.05) is 0 Å². The molecule has 1 heterocycles. The van der Waals surface area contributed by atoms with E-state index in [4.69, 9.17) is 0 Å². The van der Waals surface area contributed by atoms with Gasteiger partial charge in [-0.1, -0.05) is 19.3 Å². The van der Waals surface area contributed by atoms with Gasteiger partial charge in [0, 0.05) is 19.6 Å². The SMILES string of the molecule is O=C(NCCC1CCC1)N1CCC(C(O)C(F)(F)F)CC1. The summed E-state index contributed by atoms with van der Waals surface area (Å²) in [5.74, 6) is -0.0815. The second-order valence-electron chi connectivity index (χ2n) is 6.13. The highest BCUT2D eigenvalue weighted by molar-refractivity contribution is 5.74. The van der Waals surface area contributed by atoms with Crippen molar-refractivity contribution in [2.24, 2.45) is 11.8 Å². The molecular weight excluding hydrogens is 285 g/mol. The number of halogens is 3. The highest BCUT2D eigenvalue weighted by atomic mass is 19.4. The summed E-state index contributed by atoms with van der Waals surface area (Å²) in [5.41, 5.74) is 0. The molecule has 7 heteroatoms. The zero-order chi connectivity index (χ0) is 15.5. The molecule has 1 saturated carbocycles. The Morgan fingerprint density at radius 2 is 1.86 bits per heavy atom. The smallest absolute Gasteiger partial charge is 0.383 e. The first-order valence-corrected chi connectivity index (χ1v) is 7.65. The fourth-order valence-corrected chi connectivity index (χ4v) is 2.96. The van der Waals surface area contributed by atoms with Gasteiger partial charge >= 0.3 is 12.2 Å². The van der Waals surface area contributed by atoms with Crippen molar-refractivity contribution in [3.63, 3.8) is 0 Å². The highest BCUT2D eigenvalue weighted by Gasteiger charge is 2.44. The van der Waals surface area contributed by atoms with Crippen LogP contribution in [0.25, 0.3) is 0 Å². The predicted molar refractivity (Wildman–Crippen MR) is 71.7 cm³/mol. The molecule has 1 unspecified atom stereocenters. The first kappa shape index (κ1) is 16.4. The van der Waals surface area contributed by atoms with Crippen LogP contribution in [0, 0.1) is 11.8 Å². The third-order valence-corrected chi connectivity index (χ3v) is 4.66. The van der Waals surface area contributed by atoms with Crippen LogP contribution >= 0.6 is 0 Å². The van der Waals surface area contributed by atoms with Crippen molar-refractivity contribution in [1.82, 2.24) is 10.2 Å². The molecule has 2 rings (SSSR count). The number of nitrogens with one attached hydrogen (secondary N) is 1. The van der Waals surface area contributed by atoms with E-state index < -0.39 is 18.2 Å². The Labute approximate surface area is 122 Å². The predicted octanol–water partition coefficient (Wildman–Crippen LogP) is 2.52. The summed E-state index contributed by atoms with van der Waals surface area (Å²) in [6.45, 7) is 1.18. The Hall–Kier alpha value is -0.980. The van der Waals surface area contributed by atoms with Gasteiger partial charge in [0.2, 0.25) is 0 Å². The molecule has 4 nitrogen and oxygen atoms in total. The number of carbonyl (C=O) groups excluding carboxylic acids is 1. The molecule has 2 N–H and O–H groups in total. The van der Waals surface area contributed by atoms with E-state index in [2.05, 4.69) is 5.32 Å². The lowest BCUT2D eigenvalue weighted by Crippen LogP contribution is -2.48. The summed E-state index contributed by atoms with van der Waals surface area (Å²) in [7, 11) is 0. The summed E-state index contributed by atoms with van der Waals surface area (Å²) in [6, 6.07) is -0.200. The molecular formula is C14H23F3N2O2. The minimum absolute atomic E-state index is 0.191. The Morgan fingerprint density at radius 1 is 1.24 bits per heavy atom. The van der Waals surface area contributed by atoms with Crippen LogP contribution in [0.1, 0.15) is 38.5 Å². The van der Waals surface area contributed by atoms with Crippen molar-refractivity contribution in [3.8, 4) is 0 Å². The summed E-state index contributed by atoms with van der Waals surface area (Å²) >= 11 is 0. The number of urea groups is 1. The second kappa shape index (κ2) is 6.85. The van der Waals surface area contributed by atoms with Crippen LogP contribution in [0.2, 0.25) is 0 Å². The molecule has 2 aliphatic rings. The summed E-state index contributed by atoms with van der Waals surface area (Å²) < 4.78 is 37.3. The number of amides is 2. The van der Waals surface area contributed by atoms with Crippen LogP contribution in [-0.2, 0) is 0 Å². The lowest BCUT2D eigenvalue weighted by Gasteiger charge is -2.35. The first-order chi connectivity index (χ1) is 9.88.